The second-order valence-corrected chi connectivity index (χ2v) is 6.10. The molecule has 1 aliphatic heterocycles. The Bertz CT molecular complexity index is 826. The molecule has 4 rings (SSSR count). The standard InChI is InChI=1S/C19H21N5/c1-2-23-8-10-24(11-9-23)18-7-6-15-4-3-5-17(19(15)22-18)16-12-20-14-21-13-16/h3-7,12-14H,2,8-11H2,1H3. The predicted molar refractivity (Wildman–Crippen MR) is 97.1 cm³/mol. The summed E-state index contributed by atoms with van der Waals surface area (Å²) >= 11 is 0. The minimum atomic E-state index is 1.00. The van der Waals surface area contributed by atoms with Crippen molar-refractivity contribution < 1.29 is 0 Å². The van der Waals surface area contributed by atoms with Crippen LogP contribution in [0, 0.1) is 0 Å². The third-order valence-electron chi connectivity index (χ3n) is 4.72. The third kappa shape index (κ3) is 2.83. The fourth-order valence-corrected chi connectivity index (χ4v) is 3.28. The third-order valence-corrected chi connectivity index (χ3v) is 4.72. The lowest BCUT2D eigenvalue weighted by Gasteiger charge is -2.34. The van der Waals surface area contributed by atoms with Gasteiger partial charge in [-0.2, -0.15) is 0 Å². The molecule has 0 aliphatic carbocycles. The van der Waals surface area contributed by atoms with E-state index in [4.69, 9.17) is 4.98 Å². The van der Waals surface area contributed by atoms with Crippen LogP contribution in [0.2, 0.25) is 0 Å². The van der Waals surface area contributed by atoms with Crippen molar-refractivity contribution in [3.63, 3.8) is 0 Å². The fourth-order valence-electron chi connectivity index (χ4n) is 3.28. The summed E-state index contributed by atoms with van der Waals surface area (Å²) in [6, 6.07) is 10.6. The van der Waals surface area contributed by atoms with E-state index >= 15 is 0 Å². The molecule has 1 fully saturated rings. The molecule has 0 atom stereocenters. The molecule has 0 bridgehead atoms. The molecule has 0 N–H and O–H groups in total. The minimum Gasteiger partial charge on any atom is -0.354 e. The Labute approximate surface area is 142 Å². The van der Waals surface area contributed by atoms with Gasteiger partial charge >= 0.3 is 0 Å². The molecular weight excluding hydrogens is 298 g/mol. The molecule has 2 aromatic heterocycles. The van der Waals surface area contributed by atoms with Gasteiger partial charge < -0.3 is 9.80 Å². The lowest BCUT2D eigenvalue weighted by Crippen LogP contribution is -2.46. The highest BCUT2D eigenvalue weighted by Gasteiger charge is 2.17. The molecule has 3 aromatic rings. The number of piperazine rings is 1. The molecule has 0 unspecified atom stereocenters. The van der Waals surface area contributed by atoms with Gasteiger partial charge in [0.1, 0.15) is 12.1 Å². The minimum absolute atomic E-state index is 1.00. The number of nitrogens with zero attached hydrogens (tertiary/aromatic N) is 5. The average molecular weight is 319 g/mol. The summed E-state index contributed by atoms with van der Waals surface area (Å²) in [5.74, 6) is 1.06. The lowest BCUT2D eigenvalue weighted by atomic mass is 10.0. The van der Waals surface area contributed by atoms with E-state index in [0.29, 0.717) is 0 Å². The molecular formula is C19H21N5. The Morgan fingerprint density at radius 3 is 2.50 bits per heavy atom. The molecule has 3 heterocycles. The van der Waals surface area contributed by atoms with Crippen LogP contribution in [0.5, 0.6) is 0 Å². The second-order valence-electron chi connectivity index (χ2n) is 6.10. The monoisotopic (exact) mass is 319 g/mol. The van der Waals surface area contributed by atoms with Crippen molar-refractivity contribution in [2.24, 2.45) is 0 Å². The zero-order chi connectivity index (χ0) is 16.4. The van der Waals surface area contributed by atoms with Crippen molar-refractivity contribution >= 4 is 16.7 Å². The number of rotatable bonds is 3. The summed E-state index contributed by atoms with van der Waals surface area (Å²) in [4.78, 5) is 18.1. The average Bonchev–Trinajstić information content (AvgIpc) is 2.68. The predicted octanol–water partition coefficient (Wildman–Crippen LogP) is 2.83. The largest absolute Gasteiger partial charge is 0.354 e. The van der Waals surface area contributed by atoms with Crippen molar-refractivity contribution in [3.8, 4) is 11.1 Å². The summed E-state index contributed by atoms with van der Waals surface area (Å²) in [7, 11) is 0. The Hall–Kier alpha value is -2.53. The van der Waals surface area contributed by atoms with Crippen LogP contribution in [0.25, 0.3) is 22.0 Å². The van der Waals surface area contributed by atoms with Gasteiger partial charge in [-0.1, -0.05) is 25.1 Å². The zero-order valence-electron chi connectivity index (χ0n) is 13.9. The summed E-state index contributed by atoms with van der Waals surface area (Å²) in [5, 5.41) is 1.15. The Morgan fingerprint density at radius 1 is 0.958 bits per heavy atom. The van der Waals surface area contributed by atoms with E-state index in [9.17, 15) is 0 Å². The Kier molecular flexibility index (Phi) is 4.09. The van der Waals surface area contributed by atoms with Crippen LogP contribution in [0.15, 0.2) is 49.1 Å². The first-order chi connectivity index (χ1) is 11.8. The zero-order valence-corrected chi connectivity index (χ0v) is 13.9. The normalized spacial score (nSPS) is 15.8. The van der Waals surface area contributed by atoms with E-state index in [-0.39, 0.29) is 0 Å². The molecule has 5 heteroatoms. The first kappa shape index (κ1) is 15.0. The van der Waals surface area contributed by atoms with Crippen molar-refractivity contribution in [2.45, 2.75) is 6.92 Å². The van der Waals surface area contributed by atoms with Gasteiger partial charge in [0.25, 0.3) is 0 Å². The fraction of sp³-hybridized carbons (Fsp3) is 0.316. The topological polar surface area (TPSA) is 45.2 Å². The molecule has 0 amide bonds. The van der Waals surface area contributed by atoms with Crippen LogP contribution in [0.1, 0.15) is 6.92 Å². The van der Waals surface area contributed by atoms with Gasteiger partial charge in [0, 0.05) is 55.1 Å². The molecule has 122 valence electrons. The van der Waals surface area contributed by atoms with Crippen LogP contribution in [0.4, 0.5) is 5.82 Å². The van der Waals surface area contributed by atoms with E-state index in [2.05, 4.69) is 57.0 Å². The van der Waals surface area contributed by atoms with Gasteiger partial charge in [-0.3, -0.25) is 0 Å². The Balaban J connectivity index is 1.72. The molecule has 0 spiro atoms. The number of pyridine rings is 1. The van der Waals surface area contributed by atoms with E-state index in [1.165, 1.54) is 0 Å². The van der Waals surface area contributed by atoms with Crippen LogP contribution in [-0.2, 0) is 0 Å². The molecule has 1 saturated heterocycles. The number of hydrogen-bond donors (Lipinski definition) is 0. The van der Waals surface area contributed by atoms with E-state index in [1.807, 2.05) is 12.4 Å². The summed E-state index contributed by atoms with van der Waals surface area (Å²) in [5.41, 5.74) is 3.11. The van der Waals surface area contributed by atoms with Crippen molar-refractivity contribution in [1.82, 2.24) is 19.9 Å². The SMILES string of the molecule is CCN1CCN(c2ccc3cccc(-c4cncnc4)c3n2)CC1. The number of para-hydroxylation sites is 1. The summed E-state index contributed by atoms with van der Waals surface area (Å²) < 4.78 is 0. The number of aromatic nitrogens is 3. The maximum Gasteiger partial charge on any atom is 0.129 e. The van der Waals surface area contributed by atoms with Crippen LogP contribution in [-0.4, -0.2) is 52.6 Å². The number of fused-ring (bicyclic) bond motifs is 1. The summed E-state index contributed by atoms with van der Waals surface area (Å²) in [6.45, 7) is 7.61. The van der Waals surface area contributed by atoms with E-state index in [1.54, 1.807) is 6.33 Å². The highest BCUT2D eigenvalue weighted by molar-refractivity contribution is 5.94. The molecule has 0 radical (unpaired) electrons. The second kappa shape index (κ2) is 6.53. The number of anilines is 1. The number of benzene rings is 1. The maximum absolute atomic E-state index is 4.98. The van der Waals surface area contributed by atoms with Crippen molar-refractivity contribution in [2.75, 3.05) is 37.6 Å². The van der Waals surface area contributed by atoms with Gasteiger partial charge in [0.15, 0.2) is 0 Å². The number of likely N-dealkylation sites (N-methyl/N-ethyl adjacent to an activating group) is 1. The van der Waals surface area contributed by atoms with Gasteiger partial charge in [0.05, 0.1) is 5.52 Å². The van der Waals surface area contributed by atoms with Crippen molar-refractivity contribution in [1.29, 1.82) is 0 Å². The van der Waals surface area contributed by atoms with Gasteiger partial charge in [0.2, 0.25) is 0 Å². The van der Waals surface area contributed by atoms with E-state index < -0.39 is 0 Å². The molecule has 5 nitrogen and oxygen atoms in total. The van der Waals surface area contributed by atoms with Crippen LogP contribution < -0.4 is 4.90 Å². The highest BCUT2D eigenvalue weighted by atomic mass is 15.3. The molecule has 24 heavy (non-hydrogen) atoms. The van der Waals surface area contributed by atoms with Crippen molar-refractivity contribution in [3.05, 3.63) is 49.1 Å². The molecule has 1 aliphatic rings. The first-order valence-corrected chi connectivity index (χ1v) is 8.47. The highest BCUT2D eigenvalue weighted by Crippen LogP contribution is 2.28. The lowest BCUT2D eigenvalue weighted by molar-refractivity contribution is 0.270. The number of hydrogen-bond acceptors (Lipinski definition) is 5. The van der Waals surface area contributed by atoms with Gasteiger partial charge in [-0.15, -0.1) is 0 Å². The van der Waals surface area contributed by atoms with Gasteiger partial charge in [-0.25, -0.2) is 15.0 Å². The maximum atomic E-state index is 4.98. The molecule has 0 saturated carbocycles. The first-order valence-electron chi connectivity index (χ1n) is 8.47. The van der Waals surface area contributed by atoms with E-state index in [0.717, 1.165) is 60.6 Å². The van der Waals surface area contributed by atoms with Gasteiger partial charge in [-0.05, 0) is 18.7 Å². The summed E-state index contributed by atoms with van der Waals surface area (Å²) in [6.07, 6.45) is 5.24. The smallest absolute Gasteiger partial charge is 0.129 e. The van der Waals surface area contributed by atoms with Crippen LogP contribution in [0.3, 0.4) is 0 Å². The molecule has 1 aromatic carbocycles. The Morgan fingerprint density at radius 2 is 1.75 bits per heavy atom. The van der Waals surface area contributed by atoms with Crippen LogP contribution >= 0.6 is 0 Å². The quantitative estimate of drug-likeness (QED) is 0.743.